The van der Waals surface area contributed by atoms with Crippen molar-refractivity contribution in [3.05, 3.63) is 107 Å². The van der Waals surface area contributed by atoms with E-state index < -0.39 is 0 Å². The Morgan fingerprint density at radius 3 is 1.12 bits per heavy atom. The van der Waals surface area contributed by atoms with Crippen LogP contribution in [0.4, 0.5) is 0 Å². The van der Waals surface area contributed by atoms with E-state index in [1.54, 1.807) is 0 Å². The van der Waals surface area contributed by atoms with E-state index in [4.69, 9.17) is 0 Å². The molecule has 4 aromatic rings. The molecule has 0 spiro atoms. The first kappa shape index (κ1) is 65.5. The summed E-state index contributed by atoms with van der Waals surface area (Å²) in [6.07, 6.45) is 12.5. The van der Waals surface area contributed by atoms with Crippen LogP contribution in [0.2, 0.25) is 0 Å². The molecule has 13 heteroatoms. The summed E-state index contributed by atoms with van der Waals surface area (Å²) in [6.45, 7) is 35.4. The van der Waals surface area contributed by atoms with Crippen molar-refractivity contribution >= 4 is 90.4 Å². The molecule has 0 aromatic heterocycles. The molecule has 4 aliphatic heterocycles. The van der Waals surface area contributed by atoms with Gasteiger partial charge in [0.05, 0.1) is 12.3 Å². The maximum Gasteiger partial charge on any atom is 4.00 e. The average molecular weight is 1550 g/mol. The van der Waals surface area contributed by atoms with Crippen molar-refractivity contribution in [1.29, 1.82) is 0 Å². The average Bonchev–Trinajstić information content (AvgIpc) is 3.85. The summed E-state index contributed by atoms with van der Waals surface area (Å²) in [5.41, 5.74) is 7.08. The third kappa shape index (κ3) is 16.3. The summed E-state index contributed by atoms with van der Waals surface area (Å²) in [7, 11) is 0. The molecular formula is C62H86I4N4O4Zr. The molecule has 0 aliphatic carbocycles. The van der Waals surface area contributed by atoms with E-state index in [9.17, 15) is 20.4 Å². The minimum Gasteiger partial charge on any atom is -0.872 e. The van der Waals surface area contributed by atoms with E-state index in [0.717, 1.165) is 99.5 Å². The maximum atomic E-state index is 13.7. The van der Waals surface area contributed by atoms with Gasteiger partial charge in [-0.1, -0.05) is 171 Å². The Hall–Kier alpha value is -0.277. The predicted molar refractivity (Wildman–Crippen MR) is 334 cm³/mol. The van der Waals surface area contributed by atoms with Crippen LogP contribution in [-0.2, 0) is 61.0 Å². The molecule has 4 saturated heterocycles. The standard InChI is InChI=1S/2C28H38I2N2O2.C6H14.Zr/c2*1-27(2,3)18-11-17(24(33)22(12-18)28(4,5)6)15-31-16-20-9-7-8-10-32(20)26(31)21-13-19(29)14-23(30)25(21)34;1-3-5-6-4-2;/h2*11-14,20,26,33-34H,7-10,15-16H2,1-6H3;3-6H2,1-2H3;/q;;;+4/p-4/t2*20-,26+;;/m00../s1. The molecule has 8 rings (SSSR count). The molecule has 0 amide bonds. The molecule has 8 nitrogen and oxygen atoms in total. The number of hydrogen-bond donors (Lipinski definition) is 0. The normalized spacial score (nSPS) is 20.9. The van der Waals surface area contributed by atoms with E-state index >= 15 is 0 Å². The van der Waals surface area contributed by atoms with Crippen molar-refractivity contribution in [3.8, 4) is 23.0 Å². The third-order valence-corrected chi connectivity index (χ3v) is 18.4. The molecule has 4 aliphatic rings. The van der Waals surface area contributed by atoms with Crippen LogP contribution >= 0.6 is 90.4 Å². The Balaban J connectivity index is 0.000000247. The van der Waals surface area contributed by atoms with Gasteiger partial charge in [-0.25, -0.2) is 0 Å². The van der Waals surface area contributed by atoms with Gasteiger partial charge >= 0.3 is 26.2 Å². The fourth-order valence-electron chi connectivity index (χ4n) is 11.4. The van der Waals surface area contributed by atoms with Gasteiger partial charge in [-0.3, -0.25) is 19.6 Å². The second-order valence-corrected chi connectivity index (χ2v) is 30.5. The van der Waals surface area contributed by atoms with Crippen LogP contribution in [-0.4, -0.2) is 57.9 Å². The fourth-order valence-corrected chi connectivity index (χ4v) is 15.1. The third-order valence-electron chi connectivity index (χ3n) is 15.6. The van der Waals surface area contributed by atoms with E-state index in [0.29, 0.717) is 25.2 Å². The molecular weight excluding hydrogens is 1460 g/mol. The Kier molecular flexibility index (Phi) is 23.8. The van der Waals surface area contributed by atoms with Gasteiger partial charge in [-0.05, 0) is 206 Å². The van der Waals surface area contributed by atoms with Crippen LogP contribution in [0.15, 0.2) is 48.5 Å². The summed E-state index contributed by atoms with van der Waals surface area (Å²) in [5, 5.41) is 54.0. The summed E-state index contributed by atoms with van der Waals surface area (Å²) in [4.78, 5) is 9.84. The Bertz CT molecular complexity index is 2390. The summed E-state index contributed by atoms with van der Waals surface area (Å²) < 4.78 is 3.72. The Morgan fingerprint density at radius 1 is 0.467 bits per heavy atom. The first-order chi connectivity index (χ1) is 34.5. The molecule has 0 radical (unpaired) electrons. The zero-order chi connectivity index (χ0) is 54.8. The number of nitrogens with zero attached hydrogens (tertiary/aromatic N) is 4. The van der Waals surface area contributed by atoms with Gasteiger partial charge in [0.1, 0.15) is 0 Å². The summed E-state index contributed by atoms with van der Waals surface area (Å²) >= 11 is 8.96. The van der Waals surface area contributed by atoms with Gasteiger partial charge in [-0.15, -0.1) is 11.5 Å². The van der Waals surface area contributed by atoms with E-state index in [1.807, 2.05) is 12.1 Å². The van der Waals surface area contributed by atoms with Gasteiger partial charge in [0.2, 0.25) is 0 Å². The minimum atomic E-state index is -0.219. The van der Waals surface area contributed by atoms with Crippen molar-refractivity contribution in [3.63, 3.8) is 0 Å². The monoisotopic (exact) mass is 1550 g/mol. The first-order valence-electron chi connectivity index (χ1n) is 27.5. The van der Waals surface area contributed by atoms with E-state index in [1.165, 1.54) is 49.7 Å². The number of hydrogen-bond acceptors (Lipinski definition) is 8. The van der Waals surface area contributed by atoms with Crippen LogP contribution < -0.4 is 20.4 Å². The smallest absolute Gasteiger partial charge is 0.872 e. The quantitative estimate of drug-likeness (QED) is 0.121. The number of piperidine rings is 2. The molecule has 0 saturated carbocycles. The zero-order valence-corrected chi connectivity index (χ0v) is 58.8. The minimum absolute atomic E-state index is 0. The van der Waals surface area contributed by atoms with Gasteiger partial charge in [-0.2, -0.15) is 0 Å². The number of halogens is 4. The Morgan fingerprint density at radius 2 is 0.813 bits per heavy atom. The van der Waals surface area contributed by atoms with E-state index in [-0.39, 0.29) is 83.2 Å². The number of unbranched alkanes of at least 4 members (excludes halogenated alkanes) is 3. The molecule has 410 valence electrons. The Labute approximate surface area is 527 Å². The molecule has 0 N–H and O–H groups in total. The van der Waals surface area contributed by atoms with Crippen LogP contribution in [0, 0.1) is 14.3 Å². The second-order valence-electron chi connectivity index (χ2n) is 25.7. The maximum absolute atomic E-state index is 13.7. The second kappa shape index (κ2) is 27.2. The molecule has 4 heterocycles. The molecule has 4 fully saturated rings. The van der Waals surface area contributed by atoms with Crippen molar-refractivity contribution in [2.24, 2.45) is 0 Å². The first-order valence-corrected chi connectivity index (χ1v) is 31.8. The van der Waals surface area contributed by atoms with Crippen LogP contribution in [0.5, 0.6) is 23.0 Å². The van der Waals surface area contributed by atoms with Crippen LogP contribution in [0.1, 0.15) is 218 Å². The number of benzene rings is 4. The van der Waals surface area contributed by atoms with Crippen molar-refractivity contribution in [2.75, 3.05) is 26.2 Å². The van der Waals surface area contributed by atoms with Crippen molar-refractivity contribution in [1.82, 2.24) is 19.6 Å². The topological polar surface area (TPSA) is 105 Å². The predicted octanol–water partition coefficient (Wildman–Crippen LogP) is 14.6. The number of fused-ring (bicyclic) bond motifs is 2. The fraction of sp³-hybridized carbons (Fsp3) is 0.613. The number of rotatable bonds is 9. The molecule has 0 bridgehead atoms. The van der Waals surface area contributed by atoms with Crippen LogP contribution in [0.3, 0.4) is 0 Å². The summed E-state index contributed by atoms with van der Waals surface area (Å²) in [6, 6.07) is 17.4. The van der Waals surface area contributed by atoms with Gasteiger partial charge < -0.3 is 20.4 Å². The van der Waals surface area contributed by atoms with Gasteiger partial charge in [0.15, 0.2) is 0 Å². The van der Waals surface area contributed by atoms with Gasteiger partial charge in [0, 0.05) is 65.6 Å². The van der Waals surface area contributed by atoms with Crippen molar-refractivity contribution in [2.45, 2.75) is 220 Å². The van der Waals surface area contributed by atoms with Gasteiger partial charge in [0.25, 0.3) is 0 Å². The zero-order valence-electron chi connectivity index (χ0n) is 47.7. The molecule has 0 unspecified atom stereocenters. The van der Waals surface area contributed by atoms with E-state index in [2.05, 4.69) is 243 Å². The molecule has 4 aromatic carbocycles. The summed E-state index contributed by atoms with van der Waals surface area (Å²) in [5.74, 6) is 0.569. The van der Waals surface area contributed by atoms with Crippen molar-refractivity contribution < 1.29 is 46.6 Å². The SMILES string of the molecule is CC(C)(C)c1cc(CN2C[C@@H]3CCCCN3[C@@H]2c2cc(I)cc(I)c2[O-])c([O-])c(C(C)(C)C)c1.CC(C)(C)c1cc(CN2C[C@@H]3CCCCN3[C@@H]2c2cc(I)cc(I)c2[O-])c([O-])c(C(C)(C)C)c1.CCCCCC.[Zr+4]. The molecule has 75 heavy (non-hydrogen) atoms. The largest absolute Gasteiger partial charge is 4.00 e. The van der Waals surface area contributed by atoms with Crippen LogP contribution in [0.25, 0.3) is 0 Å². The molecule has 4 atom stereocenters.